The van der Waals surface area contributed by atoms with Gasteiger partial charge in [-0.1, -0.05) is 13.8 Å². The van der Waals surface area contributed by atoms with E-state index in [-0.39, 0.29) is 5.41 Å². The van der Waals surface area contributed by atoms with Gasteiger partial charge in [0.2, 0.25) is 0 Å². The molecule has 22 heavy (non-hydrogen) atoms. The Bertz CT molecular complexity index is 590. The van der Waals surface area contributed by atoms with Gasteiger partial charge in [0, 0.05) is 11.2 Å². The van der Waals surface area contributed by atoms with E-state index >= 15 is 0 Å². The molecule has 1 atom stereocenters. The molecule has 0 aromatic heterocycles. The van der Waals surface area contributed by atoms with E-state index < -0.39 is 17.2 Å². The third-order valence-corrected chi connectivity index (χ3v) is 4.15. The lowest BCUT2D eigenvalue weighted by molar-refractivity contribution is 0.0635. The molecule has 122 valence electrons. The minimum Gasteiger partial charge on any atom is -0.497 e. The molecule has 2 rings (SSSR count). The van der Waals surface area contributed by atoms with E-state index in [0.717, 1.165) is 17.7 Å². The highest BCUT2D eigenvalue weighted by molar-refractivity contribution is 5.86. The smallest absolute Gasteiger partial charge is 0.412 e. The minimum atomic E-state index is -0.546. The number of methoxy groups -OCH3 is 1. The summed E-state index contributed by atoms with van der Waals surface area (Å²) >= 11 is 0. The van der Waals surface area contributed by atoms with Crippen LogP contribution in [0.4, 0.5) is 10.5 Å². The second-order valence-electron chi connectivity index (χ2n) is 7.57. The number of benzene rings is 1. The van der Waals surface area contributed by atoms with Crippen molar-refractivity contribution in [2.45, 2.75) is 52.2 Å². The molecule has 1 aromatic carbocycles. The van der Waals surface area contributed by atoms with E-state index in [1.54, 1.807) is 19.2 Å². The van der Waals surface area contributed by atoms with Crippen LogP contribution in [0.2, 0.25) is 0 Å². The zero-order chi connectivity index (χ0) is 16.8. The van der Waals surface area contributed by atoms with E-state index in [4.69, 9.17) is 15.2 Å². The molecule has 1 aliphatic rings. The number of carbonyl (C=O) groups is 1. The van der Waals surface area contributed by atoms with Crippen LogP contribution in [0.3, 0.4) is 0 Å². The van der Waals surface area contributed by atoms with Crippen molar-refractivity contribution in [3.63, 3.8) is 0 Å². The Kier molecular flexibility index (Phi) is 3.90. The summed E-state index contributed by atoms with van der Waals surface area (Å²) in [7, 11) is 1.61. The van der Waals surface area contributed by atoms with Crippen LogP contribution in [0.25, 0.3) is 0 Å². The lowest BCUT2D eigenvalue weighted by Gasteiger charge is -2.23. The van der Waals surface area contributed by atoms with E-state index in [9.17, 15) is 4.79 Å². The quantitative estimate of drug-likeness (QED) is 0.894. The number of hydrogen-bond donors (Lipinski definition) is 2. The van der Waals surface area contributed by atoms with Crippen LogP contribution in [0.5, 0.6) is 5.75 Å². The van der Waals surface area contributed by atoms with Crippen molar-refractivity contribution >= 4 is 11.8 Å². The maximum Gasteiger partial charge on any atom is 0.412 e. The Labute approximate surface area is 132 Å². The predicted octanol–water partition coefficient (Wildman–Crippen LogP) is 3.63. The zero-order valence-electron chi connectivity index (χ0n) is 14.2. The Hall–Kier alpha value is -1.75. The van der Waals surface area contributed by atoms with Crippen molar-refractivity contribution in [1.82, 2.24) is 0 Å². The molecule has 0 bridgehead atoms. The van der Waals surface area contributed by atoms with E-state index in [2.05, 4.69) is 19.2 Å². The zero-order valence-corrected chi connectivity index (χ0v) is 14.2. The van der Waals surface area contributed by atoms with Crippen LogP contribution < -0.4 is 15.8 Å². The summed E-state index contributed by atoms with van der Waals surface area (Å²) in [6.07, 6.45) is 0.372. The number of amides is 1. The Morgan fingerprint density at radius 3 is 2.36 bits per heavy atom. The summed E-state index contributed by atoms with van der Waals surface area (Å²) in [6.45, 7) is 9.72. The van der Waals surface area contributed by atoms with Crippen molar-refractivity contribution in [1.29, 1.82) is 0 Å². The molecule has 1 amide bonds. The normalized spacial score (nSPS) is 22.9. The number of carbonyl (C=O) groups excluding carboxylic acids is 1. The van der Waals surface area contributed by atoms with E-state index in [1.807, 2.05) is 26.8 Å². The van der Waals surface area contributed by atoms with Gasteiger partial charge >= 0.3 is 6.09 Å². The average molecular weight is 306 g/mol. The highest BCUT2D eigenvalue weighted by Gasteiger charge is 2.60. The molecule has 5 heteroatoms. The Morgan fingerprint density at radius 2 is 1.91 bits per heavy atom. The fraction of sp³-hybridized carbons (Fsp3) is 0.588. The van der Waals surface area contributed by atoms with Gasteiger partial charge in [-0.25, -0.2) is 4.79 Å². The first-order valence-electron chi connectivity index (χ1n) is 7.46. The molecule has 0 spiro atoms. The number of ether oxygens (including phenoxy) is 2. The topological polar surface area (TPSA) is 73.6 Å². The first-order valence-corrected chi connectivity index (χ1v) is 7.46. The summed E-state index contributed by atoms with van der Waals surface area (Å²) in [6, 6.07) is 5.50. The third kappa shape index (κ3) is 3.19. The minimum absolute atomic E-state index is 0.0102. The molecule has 1 aromatic rings. The van der Waals surface area contributed by atoms with Gasteiger partial charge < -0.3 is 15.2 Å². The molecule has 1 aliphatic carbocycles. The second kappa shape index (κ2) is 5.16. The van der Waals surface area contributed by atoms with Crippen molar-refractivity contribution < 1.29 is 14.3 Å². The average Bonchev–Trinajstić information content (AvgIpc) is 2.87. The highest BCUT2D eigenvalue weighted by atomic mass is 16.6. The van der Waals surface area contributed by atoms with Gasteiger partial charge in [0.25, 0.3) is 0 Å². The number of anilines is 1. The first kappa shape index (κ1) is 16.6. The largest absolute Gasteiger partial charge is 0.497 e. The molecule has 5 nitrogen and oxygen atoms in total. The van der Waals surface area contributed by atoms with Crippen LogP contribution >= 0.6 is 0 Å². The van der Waals surface area contributed by atoms with Crippen molar-refractivity contribution in [3.8, 4) is 5.75 Å². The fourth-order valence-electron chi connectivity index (χ4n) is 2.65. The van der Waals surface area contributed by atoms with Crippen LogP contribution in [0, 0.1) is 5.41 Å². The third-order valence-electron chi connectivity index (χ3n) is 4.15. The van der Waals surface area contributed by atoms with Crippen LogP contribution in [0.15, 0.2) is 18.2 Å². The van der Waals surface area contributed by atoms with Gasteiger partial charge in [0.15, 0.2) is 0 Å². The van der Waals surface area contributed by atoms with E-state index in [0.29, 0.717) is 5.69 Å². The molecule has 3 N–H and O–H groups in total. The number of rotatable bonds is 3. The highest BCUT2D eigenvalue weighted by Crippen LogP contribution is 2.62. The van der Waals surface area contributed by atoms with E-state index in [1.165, 1.54) is 0 Å². The number of nitrogens with one attached hydrogen (secondary N) is 1. The molecule has 0 aliphatic heterocycles. The first-order chi connectivity index (χ1) is 9.98. The number of nitrogens with two attached hydrogens (primary N) is 1. The molecule has 0 radical (unpaired) electrons. The molecular formula is C17H26N2O3. The molecular weight excluding hydrogens is 280 g/mol. The second-order valence-corrected chi connectivity index (χ2v) is 7.57. The lowest BCUT2D eigenvalue weighted by Crippen LogP contribution is -2.30. The summed E-state index contributed by atoms with van der Waals surface area (Å²) in [5.74, 6) is 0.720. The van der Waals surface area contributed by atoms with Crippen molar-refractivity contribution in [3.05, 3.63) is 23.8 Å². The van der Waals surface area contributed by atoms with Crippen LogP contribution in [0.1, 0.15) is 46.6 Å². The maximum absolute atomic E-state index is 12.0. The monoisotopic (exact) mass is 306 g/mol. The van der Waals surface area contributed by atoms with Crippen LogP contribution in [-0.2, 0) is 10.3 Å². The Morgan fingerprint density at radius 1 is 1.32 bits per heavy atom. The lowest BCUT2D eigenvalue weighted by atomic mass is 9.95. The van der Waals surface area contributed by atoms with Gasteiger partial charge in [-0.3, -0.25) is 5.32 Å². The standard InChI is InChI=1S/C17H26N2O3/c1-15(2,3)22-14(20)19-13-8-7-11(21-6)9-12(13)17(18)10-16(17,4)5/h7-9H,10,18H2,1-6H3,(H,19,20). The van der Waals surface area contributed by atoms with Crippen molar-refractivity contribution in [2.75, 3.05) is 12.4 Å². The van der Waals surface area contributed by atoms with Crippen LogP contribution in [-0.4, -0.2) is 18.8 Å². The Balaban J connectivity index is 2.30. The fourth-order valence-corrected chi connectivity index (χ4v) is 2.65. The number of hydrogen-bond acceptors (Lipinski definition) is 4. The maximum atomic E-state index is 12.0. The van der Waals surface area contributed by atoms with Gasteiger partial charge in [0.05, 0.1) is 7.11 Å². The summed E-state index contributed by atoms with van der Waals surface area (Å²) in [4.78, 5) is 12.0. The predicted molar refractivity (Wildman–Crippen MR) is 87.1 cm³/mol. The molecule has 0 heterocycles. The van der Waals surface area contributed by atoms with Gasteiger partial charge in [-0.05, 0) is 56.4 Å². The molecule has 1 fully saturated rings. The molecule has 0 saturated heterocycles. The summed E-state index contributed by atoms with van der Waals surface area (Å²) in [5, 5.41) is 2.81. The van der Waals surface area contributed by atoms with Crippen molar-refractivity contribution in [2.24, 2.45) is 11.1 Å². The van der Waals surface area contributed by atoms with Gasteiger partial charge in [-0.15, -0.1) is 0 Å². The SMILES string of the molecule is COc1ccc(NC(=O)OC(C)(C)C)c(C2(N)CC2(C)C)c1. The summed E-state index contributed by atoms with van der Waals surface area (Å²) < 4.78 is 10.6. The van der Waals surface area contributed by atoms with Gasteiger partial charge in [0.1, 0.15) is 11.4 Å². The summed E-state index contributed by atoms with van der Waals surface area (Å²) in [5.41, 5.74) is 7.05. The molecule has 1 saturated carbocycles. The van der Waals surface area contributed by atoms with Gasteiger partial charge in [-0.2, -0.15) is 0 Å². The molecule has 1 unspecified atom stereocenters.